The summed E-state index contributed by atoms with van der Waals surface area (Å²) in [5.74, 6) is -0.733. The zero-order valence-corrected chi connectivity index (χ0v) is 16.7. The van der Waals surface area contributed by atoms with Crippen LogP contribution in [0.25, 0.3) is 10.2 Å². The summed E-state index contributed by atoms with van der Waals surface area (Å²) in [6.07, 6.45) is 3.89. The maximum absolute atomic E-state index is 12.9. The van der Waals surface area contributed by atoms with Crippen LogP contribution < -0.4 is 11.1 Å². The van der Waals surface area contributed by atoms with Crippen LogP contribution in [0.1, 0.15) is 49.0 Å². The zero-order chi connectivity index (χ0) is 19.1. The molecule has 3 aromatic heterocycles. The second-order valence-corrected chi connectivity index (χ2v) is 8.62. The number of amides is 1. The molecule has 27 heavy (non-hydrogen) atoms. The molecule has 0 saturated heterocycles. The van der Waals surface area contributed by atoms with Crippen LogP contribution in [0.5, 0.6) is 0 Å². The fraction of sp³-hybridized carbons (Fsp3) is 0.316. The van der Waals surface area contributed by atoms with Gasteiger partial charge in [-0.1, -0.05) is 0 Å². The molecular formula is C19H19N3O3S2. The number of thiophene rings is 2. The van der Waals surface area contributed by atoms with E-state index in [4.69, 9.17) is 10.5 Å². The number of nitrogen functional groups attached to an aromatic ring is 1. The highest BCUT2D eigenvalue weighted by Gasteiger charge is 2.28. The first kappa shape index (κ1) is 17.9. The van der Waals surface area contributed by atoms with Gasteiger partial charge in [0.2, 0.25) is 0 Å². The largest absolute Gasteiger partial charge is 0.465 e. The maximum atomic E-state index is 12.9. The highest BCUT2D eigenvalue weighted by molar-refractivity contribution is 7.21. The van der Waals surface area contributed by atoms with Crippen LogP contribution in [-0.2, 0) is 17.6 Å². The van der Waals surface area contributed by atoms with E-state index in [1.165, 1.54) is 29.8 Å². The summed E-state index contributed by atoms with van der Waals surface area (Å²) < 4.78 is 4.96. The van der Waals surface area contributed by atoms with Crippen LogP contribution in [0.15, 0.2) is 12.1 Å². The van der Waals surface area contributed by atoms with Crippen LogP contribution in [0.3, 0.4) is 0 Å². The van der Waals surface area contributed by atoms with E-state index in [2.05, 4.69) is 10.3 Å². The first-order valence-corrected chi connectivity index (χ1v) is 10.3. The Labute approximate surface area is 164 Å². The summed E-state index contributed by atoms with van der Waals surface area (Å²) in [5.41, 5.74) is 8.97. The van der Waals surface area contributed by atoms with Crippen molar-refractivity contribution < 1.29 is 14.3 Å². The smallest absolute Gasteiger partial charge is 0.341 e. The van der Waals surface area contributed by atoms with Crippen molar-refractivity contribution in [3.05, 3.63) is 38.7 Å². The standard InChI is InChI=1S/C19H19N3O3S2/c1-9-7-8-11-14(20)15(27-17(11)21-9)16(23)22-18-13(19(24)25-2)10-5-3-4-6-12(10)26-18/h7-8H,3-6,20H2,1-2H3,(H,22,23). The first-order valence-electron chi connectivity index (χ1n) is 8.69. The van der Waals surface area contributed by atoms with Crippen LogP contribution in [0, 0.1) is 6.92 Å². The monoisotopic (exact) mass is 401 g/mol. The lowest BCUT2D eigenvalue weighted by Crippen LogP contribution is -2.15. The number of rotatable bonds is 3. The number of ether oxygens (including phenoxy) is 1. The van der Waals surface area contributed by atoms with Gasteiger partial charge in [0.05, 0.1) is 18.4 Å². The van der Waals surface area contributed by atoms with Crippen LogP contribution >= 0.6 is 22.7 Å². The van der Waals surface area contributed by atoms with E-state index < -0.39 is 5.97 Å². The SMILES string of the molecule is COC(=O)c1c(NC(=O)c2sc3nc(C)ccc3c2N)sc2c1CCCC2. The summed E-state index contributed by atoms with van der Waals surface area (Å²) in [5, 5.41) is 4.21. The van der Waals surface area contributed by atoms with E-state index >= 15 is 0 Å². The molecule has 1 aliphatic rings. The van der Waals surface area contributed by atoms with Crippen molar-refractivity contribution in [3.63, 3.8) is 0 Å². The minimum atomic E-state index is -0.411. The van der Waals surface area contributed by atoms with Gasteiger partial charge in [-0.05, 0) is 50.3 Å². The summed E-state index contributed by atoms with van der Waals surface area (Å²) >= 11 is 2.72. The molecule has 3 heterocycles. The van der Waals surface area contributed by atoms with Crippen molar-refractivity contribution in [2.75, 3.05) is 18.2 Å². The Bertz CT molecular complexity index is 1070. The molecule has 0 aliphatic heterocycles. The second-order valence-electron chi connectivity index (χ2n) is 6.51. The fourth-order valence-electron chi connectivity index (χ4n) is 3.39. The molecule has 0 atom stereocenters. The van der Waals surface area contributed by atoms with Gasteiger partial charge in [0.1, 0.15) is 14.7 Å². The van der Waals surface area contributed by atoms with Gasteiger partial charge in [-0.15, -0.1) is 22.7 Å². The van der Waals surface area contributed by atoms with Crippen LogP contribution in [0.4, 0.5) is 10.7 Å². The molecule has 0 aromatic carbocycles. The highest BCUT2D eigenvalue weighted by atomic mass is 32.1. The molecule has 0 unspecified atom stereocenters. The summed E-state index contributed by atoms with van der Waals surface area (Å²) in [6.45, 7) is 1.90. The van der Waals surface area contributed by atoms with Gasteiger partial charge in [0, 0.05) is 16.0 Å². The molecule has 1 aliphatic carbocycles. The maximum Gasteiger partial charge on any atom is 0.341 e. The van der Waals surface area contributed by atoms with E-state index in [9.17, 15) is 9.59 Å². The number of carbonyl (C=O) groups is 2. The molecule has 3 aromatic rings. The molecule has 140 valence electrons. The van der Waals surface area contributed by atoms with Crippen molar-refractivity contribution in [3.8, 4) is 0 Å². The minimum Gasteiger partial charge on any atom is -0.465 e. The normalized spacial score (nSPS) is 13.4. The number of aromatic nitrogens is 1. The van der Waals surface area contributed by atoms with Gasteiger partial charge in [-0.2, -0.15) is 0 Å². The zero-order valence-electron chi connectivity index (χ0n) is 15.0. The molecule has 6 nitrogen and oxygen atoms in total. The second kappa shape index (κ2) is 6.94. The van der Waals surface area contributed by atoms with E-state index in [1.54, 1.807) is 0 Å². The van der Waals surface area contributed by atoms with Gasteiger partial charge in [0.25, 0.3) is 5.91 Å². The van der Waals surface area contributed by atoms with Crippen LogP contribution in [-0.4, -0.2) is 24.0 Å². The van der Waals surface area contributed by atoms with Crippen molar-refractivity contribution in [1.82, 2.24) is 4.98 Å². The Hall–Kier alpha value is -2.45. The van der Waals surface area contributed by atoms with Crippen molar-refractivity contribution in [2.45, 2.75) is 32.6 Å². The van der Waals surface area contributed by atoms with E-state index in [0.717, 1.165) is 52.0 Å². The third kappa shape index (κ3) is 3.08. The summed E-state index contributed by atoms with van der Waals surface area (Å²) in [6, 6.07) is 3.75. The molecule has 1 amide bonds. The number of pyridine rings is 1. The van der Waals surface area contributed by atoms with Crippen molar-refractivity contribution in [1.29, 1.82) is 0 Å². The van der Waals surface area contributed by atoms with Crippen molar-refractivity contribution >= 4 is 55.5 Å². The number of methoxy groups -OCH3 is 1. The summed E-state index contributed by atoms with van der Waals surface area (Å²) in [4.78, 5) is 32.0. The minimum absolute atomic E-state index is 0.322. The van der Waals surface area contributed by atoms with E-state index in [0.29, 0.717) is 21.1 Å². The molecule has 0 fully saturated rings. The molecule has 8 heteroatoms. The molecule has 0 radical (unpaired) electrons. The lowest BCUT2D eigenvalue weighted by Gasteiger charge is -2.11. The number of esters is 1. The number of carbonyl (C=O) groups excluding carboxylic acids is 2. The van der Waals surface area contributed by atoms with E-state index in [1.807, 2.05) is 19.1 Å². The molecule has 3 N–H and O–H groups in total. The summed E-state index contributed by atoms with van der Waals surface area (Å²) in [7, 11) is 1.36. The third-order valence-electron chi connectivity index (χ3n) is 4.73. The third-order valence-corrected chi connectivity index (χ3v) is 7.05. The number of anilines is 2. The van der Waals surface area contributed by atoms with E-state index in [-0.39, 0.29) is 5.91 Å². The number of hydrogen-bond acceptors (Lipinski definition) is 7. The molecule has 0 bridgehead atoms. The Balaban J connectivity index is 1.72. The molecule has 0 spiro atoms. The predicted octanol–water partition coefficient (Wildman–Crippen LogP) is 4.17. The van der Waals surface area contributed by atoms with Gasteiger partial charge in [-0.25, -0.2) is 9.78 Å². The van der Waals surface area contributed by atoms with Gasteiger partial charge in [-0.3, -0.25) is 4.79 Å². The highest BCUT2D eigenvalue weighted by Crippen LogP contribution is 2.40. The van der Waals surface area contributed by atoms with Gasteiger partial charge >= 0.3 is 5.97 Å². The Kier molecular flexibility index (Phi) is 4.61. The average molecular weight is 402 g/mol. The first-order chi connectivity index (χ1) is 13.0. The Morgan fingerprint density at radius 3 is 2.78 bits per heavy atom. The topological polar surface area (TPSA) is 94.3 Å². The number of nitrogens with zero attached hydrogens (tertiary/aromatic N) is 1. The fourth-order valence-corrected chi connectivity index (χ4v) is 5.70. The number of fused-ring (bicyclic) bond motifs is 2. The van der Waals surface area contributed by atoms with Crippen LogP contribution in [0.2, 0.25) is 0 Å². The molecular weight excluding hydrogens is 382 g/mol. The predicted molar refractivity (Wildman–Crippen MR) is 109 cm³/mol. The van der Waals surface area contributed by atoms with Gasteiger partial charge < -0.3 is 15.8 Å². The number of nitrogens with two attached hydrogens (primary N) is 1. The molecule has 0 saturated carbocycles. The Morgan fingerprint density at radius 1 is 1.22 bits per heavy atom. The Morgan fingerprint density at radius 2 is 2.00 bits per heavy atom. The lowest BCUT2D eigenvalue weighted by atomic mass is 9.95. The average Bonchev–Trinajstić information content (AvgIpc) is 3.18. The molecule has 4 rings (SSSR count). The lowest BCUT2D eigenvalue weighted by molar-refractivity contribution is 0.0601. The number of nitrogens with one attached hydrogen (secondary N) is 1. The quantitative estimate of drug-likeness (QED) is 0.643. The van der Waals surface area contributed by atoms with Gasteiger partial charge in [0.15, 0.2) is 0 Å². The number of aryl methyl sites for hydroxylation is 2. The number of hydrogen-bond donors (Lipinski definition) is 2. The van der Waals surface area contributed by atoms with Crippen molar-refractivity contribution in [2.24, 2.45) is 0 Å².